The summed E-state index contributed by atoms with van der Waals surface area (Å²) >= 11 is 11.4. The molecule has 0 heterocycles. The Morgan fingerprint density at radius 1 is 1.53 bits per heavy atom. The van der Waals surface area contributed by atoms with Gasteiger partial charge in [0.1, 0.15) is 5.75 Å². The summed E-state index contributed by atoms with van der Waals surface area (Å²) in [6.07, 6.45) is -0.647. The molecule has 0 fully saturated rings. The Kier molecular flexibility index (Phi) is 5.32. The molecule has 0 bridgehead atoms. The molecule has 0 radical (unpaired) electrons. The SMILES string of the molecule is C=C(Cl)CNC(=O)C(C)Oc1ccccc1Cl. The number of ether oxygens (including phenoxy) is 1. The number of halogens is 2. The zero-order valence-electron chi connectivity index (χ0n) is 9.37. The lowest BCUT2D eigenvalue weighted by atomic mass is 10.3. The molecule has 5 heteroatoms. The highest BCUT2D eigenvalue weighted by atomic mass is 35.5. The van der Waals surface area contributed by atoms with Gasteiger partial charge in [-0.15, -0.1) is 0 Å². The first-order valence-corrected chi connectivity index (χ1v) is 5.78. The number of benzene rings is 1. The molecule has 0 aliphatic rings. The average Bonchev–Trinajstić information content (AvgIpc) is 2.28. The third-order valence-corrected chi connectivity index (χ3v) is 2.41. The van der Waals surface area contributed by atoms with Crippen LogP contribution in [0.15, 0.2) is 35.9 Å². The number of hydrogen-bond donors (Lipinski definition) is 1. The third kappa shape index (κ3) is 4.67. The fourth-order valence-electron chi connectivity index (χ4n) is 1.11. The van der Waals surface area contributed by atoms with Crippen LogP contribution in [0.3, 0.4) is 0 Å². The van der Waals surface area contributed by atoms with Gasteiger partial charge >= 0.3 is 0 Å². The maximum Gasteiger partial charge on any atom is 0.261 e. The number of hydrogen-bond acceptors (Lipinski definition) is 2. The molecular formula is C12H13Cl2NO2. The van der Waals surface area contributed by atoms with Crippen molar-refractivity contribution in [1.29, 1.82) is 0 Å². The third-order valence-electron chi connectivity index (χ3n) is 1.96. The molecule has 0 spiro atoms. The van der Waals surface area contributed by atoms with Gasteiger partial charge in [-0.1, -0.05) is 41.9 Å². The summed E-state index contributed by atoms with van der Waals surface area (Å²) < 4.78 is 5.42. The van der Waals surface area contributed by atoms with Crippen molar-refractivity contribution in [3.63, 3.8) is 0 Å². The standard InChI is InChI=1S/C12H13Cl2NO2/c1-8(13)7-15-12(16)9(2)17-11-6-4-3-5-10(11)14/h3-6,9H,1,7H2,2H3,(H,15,16). The Bertz CT molecular complexity index is 421. The van der Waals surface area contributed by atoms with E-state index in [9.17, 15) is 4.79 Å². The molecule has 0 saturated carbocycles. The molecule has 1 aromatic rings. The summed E-state index contributed by atoms with van der Waals surface area (Å²) in [4.78, 5) is 11.6. The van der Waals surface area contributed by atoms with E-state index in [0.29, 0.717) is 15.8 Å². The lowest BCUT2D eigenvalue weighted by Gasteiger charge is -2.15. The van der Waals surface area contributed by atoms with Gasteiger partial charge in [0.05, 0.1) is 11.6 Å². The summed E-state index contributed by atoms with van der Waals surface area (Å²) in [5, 5.41) is 3.41. The molecule has 1 aromatic carbocycles. The Balaban J connectivity index is 2.54. The van der Waals surface area contributed by atoms with Crippen LogP contribution in [0.2, 0.25) is 5.02 Å². The molecule has 0 aromatic heterocycles. The predicted molar refractivity (Wildman–Crippen MR) is 69.5 cm³/mol. The first kappa shape index (κ1) is 13.9. The van der Waals surface area contributed by atoms with E-state index < -0.39 is 6.10 Å². The number of amides is 1. The van der Waals surface area contributed by atoms with Crippen molar-refractivity contribution in [3.8, 4) is 5.75 Å². The van der Waals surface area contributed by atoms with E-state index in [0.717, 1.165) is 0 Å². The van der Waals surface area contributed by atoms with Crippen LogP contribution in [-0.2, 0) is 4.79 Å². The van der Waals surface area contributed by atoms with E-state index >= 15 is 0 Å². The number of para-hydroxylation sites is 1. The molecule has 1 amide bonds. The van der Waals surface area contributed by atoms with Gasteiger partial charge in [-0.2, -0.15) is 0 Å². The largest absolute Gasteiger partial charge is 0.479 e. The Morgan fingerprint density at radius 2 is 2.18 bits per heavy atom. The monoisotopic (exact) mass is 273 g/mol. The Morgan fingerprint density at radius 3 is 2.76 bits per heavy atom. The van der Waals surface area contributed by atoms with Crippen molar-refractivity contribution in [2.45, 2.75) is 13.0 Å². The molecule has 1 rings (SSSR count). The van der Waals surface area contributed by atoms with Crippen molar-refractivity contribution < 1.29 is 9.53 Å². The minimum Gasteiger partial charge on any atom is -0.479 e. The smallest absolute Gasteiger partial charge is 0.261 e. The van der Waals surface area contributed by atoms with Crippen LogP contribution in [0.4, 0.5) is 0 Å². The highest BCUT2D eigenvalue weighted by Crippen LogP contribution is 2.24. The van der Waals surface area contributed by atoms with E-state index in [4.69, 9.17) is 27.9 Å². The van der Waals surface area contributed by atoms with Crippen molar-refractivity contribution in [2.24, 2.45) is 0 Å². The molecule has 92 valence electrons. The predicted octanol–water partition coefficient (Wildman–Crippen LogP) is 2.98. The number of nitrogens with one attached hydrogen (secondary N) is 1. The van der Waals surface area contributed by atoms with Crippen molar-refractivity contribution >= 4 is 29.1 Å². The summed E-state index contributed by atoms with van der Waals surface area (Å²) in [6.45, 7) is 5.33. The normalized spacial score (nSPS) is 11.7. The first-order chi connectivity index (χ1) is 8.00. The second-order valence-corrected chi connectivity index (χ2v) is 4.37. The van der Waals surface area contributed by atoms with Crippen LogP contribution < -0.4 is 10.1 Å². The molecular weight excluding hydrogens is 261 g/mol. The van der Waals surface area contributed by atoms with Crippen molar-refractivity contribution in [3.05, 3.63) is 40.9 Å². The molecule has 1 N–H and O–H groups in total. The van der Waals surface area contributed by atoms with Crippen LogP contribution >= 0.6 is 23.2 Å². The summed E-state index contributed by atoms with van der Waals surface area (Å²) in [6, 6.07) is 6.97. The minimum atomic E-state index is -0.647. The van der Waals surface area contributed by atoms with E-state index in [-0.39, 0.29) is 12.5 Å². The van der Waals surface area contributed by atoms with E-state index in [1.807, 2.05) is 0 Å². The van der Waals surface area contributed by atoms with Crippen LogP contribution in [0.25, 0.3) is 0 Å². The zero-order chi connectivity index (χ0) is 12.8. The molecule has 0 aliphatic heterocycles. The van der Waals surface area contributed by atoms with Crippen LogP contribution in [0, 0.1) is 0 Å². The number of carbonyl (C=O) groups is 1. The topological polar surface area (TPSA) is 38.3 Å². The van der Waals surface area contributed by atoms with Crippen LogP contribution in [0.1, 0.15) is 6.92 Å². The van der Waals surface area contributed by atoms with E-state index in [1.165, 1.54) is 0 Å². The highest BCUT2D eigenvalue weighted by Gasteiger charge is 2.15. The van der Waals surface area contributed by atoms with Gasteiger partial charge < -0.3 is 10.1 Å². The van der Waals surface area contributed by atoms with E-state index in [1.54, 1.807) is 31.2 Å². The Hall–Kier alpha value is -1.19. The average molecular weight is 274 g/mol. The van der Waals surface area contributed by atoms with Crippen LogP contribution in [0.5, 0.6) is 5.75 Å². The molecule has 1 atom stereocenters. The lowest BCUT2D eigenvalue weighted by Crippen LogP contribution is -2.36. The summed E-state index contributed by atoms with van der Waals surface area (Å²) in [5.74, 6) is 0.202. The van der Waals surface area contributed by atoms with E-state index in [2.05, 4.69) is 11.9 Å². The highest BCUT2D eigenvalue weighted by molar-refractivity contribution is 6.32. The quantitative estimate of drug-likeness (QED) is 0.896. The molecule has 17 heavy (non-hydrogen) atoms. The number of rotatable bonds is 5. The van der Waals surface area contributed by atoms with Gasteiger partial charge in [0.15, 0.2) is 6.10 Å². The summed E-state index contributed by atoms with van der Waals surface area (Å²) in [7, 11) is 0. The fourth-order valence-corrected chi connectivity index (χ4v) is 1.36. The van der Waals surface area contributed by atoms with Crippen molar-refractivity contribution in [2.75, 3.05) is 6.54 Å². The van der Waals surface area contributed by atoms with Gasteiger partial charge in [0.2, 0.25) is 0 Å². The summed E-state index contributed by atoms with van der Waals surface area (Å²) in [5.41, 5.74) is 0. The molecule has 0 saturated heterocycles. The van der Waals surface area contributed by atoms with Gasteiger partial charge in [0, 0.05) is 5.03 Å². The maximum absolute atomic E-state index is 11.6. The molecule has 3 nitrogen and oxygen atoms in total. The lowest BCUT2D eigenvalue weighted by molar-refractivity contribution is -0.127. The molecule has 1 unspecified atom stereocenters. The number of carbonyl (C=O) groups excluding carboxylic acids is 1. The van der Waals surface area contributed by atoms with Gasteiger partial charge in [-0.3, -0.25) is 4.79 Å². The molecule has 0 aliphatic carbocycles. The van der Waals surface area contributed by atoms with Gasteiger partial charge in [0.25, 0.3) is 5.91 Å². The van der Waals surface area contributed by atoms with Gasteiger partial charge in [-0.25, -0.2) is 0 Å². The van der Waals surface area contributed by atoms with Gasteiger partial charge in [-0.05, 0) is 19.1 Å². The Labute approximate surface area is 110 Å². The second-order valence-electron chi connectivity index (χ2n) is 3.43. The maximum atomic E-state index is 11.6. The first-order valence-electron chi connectivity index (χ1n) is 5.03. The fraction of sp³-hybridized carbons (Fsp3) is 0.250. The minimum absolute atomic E-state index is 0.219. The van der Waals surface area contributed by atoms with Crippen molar-refractivity contribution in [1.82, 2.24) is 5.32 Å². The van der Waals surface area contributed by atoms with Crippen LogP contribution in [-0.4, -0.2) is 18.6 Å². The second kappa shape index (κ2) is 6.52. The zero-order valence-corrected chi connectivity index (χ0v) is 10.9.